The summed E-state index contributed by atoms with van der Waals surface area (Å²) in [4.78, 5) is -0.348. The van der Waals surface area contributed by atoms with Crippen LogP contribution < -0.4 is 0 Å². The Morgan fingerprint density at radius 1 is 1.25 bits per heavy atom. The fourth-order valence-corrected chi connectivity index (χ4v) is 3.01. The Labute approximate surface area is 93.5 Å². The lowest BCUT2D eigenvalue weighted by atomic mass is 9.85. The highest BCUT2D eigenvalue weighted by Gasteiger charge is 2.43. The minimum Gasteiger partial charge on any atom is -0.121 e. The van der Waals surface area contributed by atoms with Crippen molar-refractivity contribution in [2.45, 2.75) is 47.2 Å². The molecule has 0 amide bonds. The summed E-state index contributed by atoms with van der Waals surface area (Å²) in [5, 5.41) is -0.131. The summed E-state index contributed by atoms with van der Waals surface area (Å²) >= 11 is 24.4. The molecule has 0 radical (unpaired) electrons. The lowest BCUT2D eigenvalue weighted by Crippen LogP contribution is -2.44. The molecule has 0 N–H and O–H groups in total. The van der Waals surface area contributed by atoms with E-state index in [0.29, 0.717) is 12.8 Å². The van der Waals surface area contributed by atoms with Crippen LogP contribution in [0.5, 0.6) is 0 Å². The summed E-state index contributed by atoms with van der Waals surface area (Å²) in [6.45, 7) is 2.03. The fourth-order valence-electron chi connectivity index (χ4n) is 1.50. The lowest BCUT2D eigenvalue weighted by molar-refractivity contribution is 0.396. The average molecular weight is 250 g/mol. The van der Waals surface area contributed by atoms with Gasteiger partial charge in [-0.05, 0) is 19.3 Å². The highest BCUT2D eigenvalue weighted by atomic mass is 35.5. The third-order valence-electron chi connectivity index (χ3n) is 2.51. The second-order valence-electron chi connectivity index (χ2n) is 3.33. The van der Waals surface area contributed by atoms with Crippen LogP contribution in [0.4, 0.5) is 0 Å². The maximum Gasteiger partial charge on any atom is 0.0622 e. The third kappa shape index (κ3) is 2.15. The van der Waals surface area contributed by atoms with Crippen LogP contribution in [-0.4, -0.2) is 21.0 Å². The molecular formula is C8H12Cl4. The van der Waals surface area contributed by atoms with E-state index in [1.807, 2.05) is 6.92 Å². The molecule has 1 aliphatic carbocycles. The summed E-state index contributed by atoms with van der Waals surface area (Å²) in [5.74, 6) is 0. The number of hydrogen-bond donors (Lipinski definition) is 0. The lowest BCUT2D eigenvalue weighted by Gasteiger charge is -2.39. The fraction of sp³-hybridized carbons (Fsp3) is 1.00. The summed E-state index contributed by atoms with van der Waals surface area (Å²) < 4.78 is 0. The quantitative estimate of drug-likeness (QED) is 0.617. The molecule has 1 saturated carbocycles. The van der Waals surface area contributed by atoms with Gasteiger partial charge in [-0.1, -0.05) is 6.92 Å². The molecular weight excluding hydrogens is 238 g/mol. The summed E-state index contributed by atoms with van der Waals surface area (Å²) in [7, 11) is 0. The van der Waals surface area contributed by atoms with Gasteiger partial charge < -0.3 is 0 Å². The van der Waals surface area contributed by atoms with Crippen LogP contribution >= 0.6 is 46.4 Å². The first-order valence-corrected chi connectivity index (χ1v) is 5.79. The molecule has 0 aromatic rings. The molecule has 4 heteroatoms. The van der Waals surface area contributed by atoms with E-state index in [9.17, 15) is 0 Å². The van der Waals surface area contributed by atoms with E-state index in [1.54, 1.807) is 0 Å². The van der Waals surface area contributed by atoms with Crippen LogP contribution in [0.2, 0.25) is 0 Å². The molecule has 4 atom stereocenters. The van der Waals surface area contributed by atoms with E-state index in [4.69, 9.17) is 46.4 Å². The van der Waals surface area contributed by atoms with E-state index in [0.717, 1.165) is 6.42 Å². The largest absolute Gasteiger partial charge is 0.121 e. The number of alkyl halides is 4. The minimum atomic E-state index is -0.348. The topological polar surface area (TPSA) is 0 Å². The van der Waals surface area contributed by atoms with Gasteiger partial charge in [0.1, 0.15) is 0 Å². The Morgan fingerprint density at radius 3 is 2.33 bits per heavy atom. The first-order chi connectivity index (χ1) is 5.49. The van der Waals surface area contributed by atoms with Crippen molar-refractivity contribution in [2.75, 3.05) is 0 Å². The van der Waals surface area contributed by atoms with Crippen LogP contribution in [0.15, 0.2) is 0 Å². The molecule has 12 heavy (non-hydrogen) atoms. The maximum absolute atomic E-state index is 6.30. The molecule has 1 fully saturated rings. The monoisotopic (exact) mass is 248 g/mol. The van der Waals surface area contributed by atoms with Crippen molar-refractivity contribution in [3.05, 3.63) is 0 Å². The van der Waals surface area contributed by atoms with Gasteiger partial charge in [-0.2, -0.15) is 0 Å². The van der Waals surface area contributed by atoms with E-state index in [-0.39, 0.29) is 21.0 Å². The molecule has 0 saturated heterocycles. The molecule has 0 aromatic heterocycles. The Bertz CT molecular complexity index is 161. The second kappa shape index (κ2) is 4.13. The Kier molecular flexibility index (Phi) is 3.86. The van der Waals surface area contributed by atoms with Crippen molar-refractivity contribution in [3.8, 4) is 0 Å². The normalized spacial score (nSPS) is 49.2. The smallest absolute Gasteiger partial charge is 0.0622 e. The minimum absolute atomic E-state index is 0.0346. The van der Waals surface area contributed by atoms with Crippen molar-refractivity contribution >= 4 is 46.4 Å². The number of rotatable bonds is 1. The molecule has 0 aromatic carbocycles. The molecule has 0 aliphatic heterocycles. The van der Waals surface area contributed by atoms with Crippen molar-refractivity contribution in [1.29, 1.82) is 0 Å². The van der Waals surface area contributed by atoms with Crippen molar-refractivity contribution in [3.63, 3.8) is 0 Å². The van der Waals surface area contributed by atoms with Gasteiger partial charge >= 0.3 is 0 Å². The van der Waals surface area contributed by atoms with Gasteiger partial charge in [-0.3, -0.25) is 0 Å². The maximum atomic E-state index is 6.30. The SMILES string of the molecule is CC[C@]1(Cl)C[C@H](Cl)[C@H](Cl)C[C@@H]1Cl. The molecule has 72 valence electrons. The molecule has 0 spiro atoms. The summed E-state index contributed by atoms with van der Waals surface area (Å²) in [6, 6.07) is 0. The Balaban J connectivity index is 2.67. The van der Waals surface area contributed by atoms with Crippen LogP contribution in [0.25, 0.3) is 0 Å². The second-order valence-corrected chi connectivity index (χ2v) is 5.73. The van der Waals surface area contributed by atoms with Gasteiger partial charge in [0.25, 0.3) is 0 Å². The third-order valence-corrected chi connectivity index (χ3v) is 4.97. The standard InChI is InChI=1S/C8H12Cl4/c1-2-8(12)4-6(10)5(9)3-7(8)11/h5-7H,2-4H2,1H3/t5-,6+,7+,8+/m1/s1. The van der Waals surface area contributed by atoms with Crippen molar-refractivity contribution in [2.24, 2.45) is 0 Å². The average Bonchev–Trinajstić information content (AvgIpc) is 2.01. The summed E-state index contributed by atoms with van der Waals surface area (Å²) in [5.41, 5.74) is 0. The number of halogens is 4. The van der Waals surface area contributed by atoms with E-state index >= 15 is 0 Å². The first-order valence-electron chi connectivity index (χ1n) is 4.10. The van der Waals surface area contributed by atoms with Gasteiger partial charge in [-0.15, -0.1) is 46.4 Å². The summed E-state index contributed by atoms with van der Waals surface area (Å²) in [6.07, 6.45) is 2.25. The zero-order valence-electron chi connectivity index (χ0n) is 6.87. The van der Waals surface area contributed by atoms with Crippen molar-refractivity contribution < 1.29 is 0 Å². The zero-order chi connectivity index (χ0) is 9.35. The molecule has 0 nitrogen and oxygen atoms in total. The van der Waals surface area contributed by atoms with Crippen LogP contribution in [0.3, 0.4) is 0 Å². The zero-order valence-corrected chi connectivity index (χ0v) is 9.89. The molecule has 1 rings (SSSR count). The van der Waals surface area contributed by atoms with Crippen LogP contribution in [0, 0.1) is 0 Å². The van der Waals surface area contributed by atoms with Crippen molar-refractivity contribution in [1.82, 2.24) is 0 Å². The highest BCUT2D eigenvalue weighted by molar-refractivity contribution is 6.36. The van der Waals surface area contributed by atoms with Gasteiger partial charge in [0.15, 0.2) is 0 Å². The first kappa shape index (κ1) is 11.2. The van der Waals surface area contributed by atoms with Crippen LogP contribution in [0.1, 0.15) is 26.2 Å². The highest BCUT2D eigenvalue weighted by Crippen LogP contribution is 2.43. The van der Waals surface area contributed by atoms with Gasteiger partial charge in [0, 0.05) is 0 Å². The predicted octanol–water partition coefficient (Wildman–Crippen LogP) is 3.99. The molecule has 0 bridgehead atoms. The molecule has 0 heterocycles. The Hall–Kier alpha value is 1.16. The van der Waals surface area contributed by atoms with E-state index in [1.165, 1.54) is 0 Å². The van der Waals surface area contributed by atoms with E-state index in [2.05, 4.69) is 0 Å². The number of hydrogen-bond acceptors (Lipinski definition) is 0. The van der Waals surface area contributed by atoms with Gasteiger partial charge in [0.05, 0.1) is 21.0 Å². The Morgan fingerprint density at radius 2 is 1.83 bits per heavy atom. The van der Waals surface area contributed by atoms with Gasteiger partial charge in [0.2, 0.25) is 0 Å². The van der Waals surface area contributed by atoms with E-state index < -0.39 is 0 Å². The van der Waals surface area contributed by atoms with Crippen LogP contribution in [-0.2, 0) is 0 Å². The predicted molar refractivity (Wildman–Crippen MR) is 57.0 cm³/mol. The molecule has 1 aliphatic rings. The van der Waals surface area contributed by atoms with Gasteiger partial charge in [-0.25, -0.2) is 0 Å². The molecule has 0 unspecified atom stereocenters.